The Bertz CT molecular complexity index is 381. The van der Waals surface area contributed by atoms with Crippen molar-refractivity contribution in [1.82, 2.24) is 10.7 Å². The van der Waals surface area contributed by atoms with Crippen LogP contribution in [-0.2, 0) is 4.74 Å². The monoisotopic (exact) mass is 255 g/mol. The molecular formula is C11H14FN3OS. The van der Waals surface area contributed by atoms with E-state index in [9.17, 15) is 4.39 Å². The van der Waals surface area contributed by atoms with Gasteiger partial charge in [0.2, 0.25) is 0 Å². The molecule has 1 aromatic carbocycles. The van der Waals surface area contributed by atoms with Crippen LogP contribution < -0.4 is 10.7 Å². The van der Waals surface area contributed by atoms with Gasteiger partial charge in [0.05, 0.1) is 12.8 Å². The molecule has 6 heteroatoms. The molecule has 1 aromatic rings. The third-order valence-corrected chi connectivity index (χ3v) is 2.08. The Kier molecular flexibility index (Phi) is 6.13. The second-order valence-corrected chi connectivity index (χ2v) is 3.58. The second-order valence-electron chi connectivity index (χ2n) is 3.17. The van der Waals surface area contributed by atoms with Crippen molar-refractivity contribution < 1.29 is 9.13 Å². The van der Waals surface area contributed by atoms with E-state index < -0.39 is 0 Å². The van der Waals surface area contributed by atoms with Crippen LogP contribution in [0.4, 0.5) is 4.39 Å². The summed E-state index contributed by atoms with van der Waals surface area (Å²) in [5.74, 6) is -0.271. The molecule has 0 radical (unpaired) electrons. The number of nitrogens with one attached hydrogen (secondary N) is 2. The number of hydrazone groups is 1. The quantitative estimate of drug-likeness (QED) is 0.360. The lowest BCUT2D eigenvalue weighted by atomic mass is 10.2. The molecule has 0 spiro atoms. The molecule has 0 aromatic heterocycles. The summed E-state index contributed by atoms with van der Waals surface area (Å²) >= 11 is 4.95. The lowest BCUT2D eigenvalue weighted by Gasteiger charge is -2.05. The minimum Gasteiger partial charge on any atom is -0.383 e. The van der Waals surface area contributed by atoms with Crippen LogP contribution in [0.25, 0.3) is 0 Å². The molecule has 0 atom stereocenters. The Morgan fingerprint density at radius 3 is 2.82 bits per heavy atom. The van der Waals surface area contributed by atoms with Gasteiger partial charge in [-0.25, -0.2) is 4.39 Å². The zero-order valence-corrected chi connectivity index (χ0v) is 10.3. The third-order valence-electron chi connectivity index (χ3n) is 1.84. The van der Waals surface area contributed by atoms with Crippen molar-refractivity contribution in [2.45, 2.75) is 0 Å². The van der Waals surface area contributed by atoms with Crippen molar-refractivity contribution in [2.24, 2.45) is 5.10 Å². The summed E-state index contributed by atoms with van der Waals surface area (Å²) in [5, 5.41) is 7.23. The Labute approximate surface area is 105 Å². The lowest BCUT2D eigenvalue weighted by molar-refractivity contribution is 0.204. The second kappa shape index (κ2) is 7.70. The first-order valence-electron chi connectivity index (χ1n) is 5.04. The number of ether oxygens (including phenoxy) is 1. The number of benzene rings is 1. The number of nitrogens with zero attached hydrogens (tertiary/aromatic N) is 1. The van der Waals surface area contributed by atoms with Crippen LogP contribution in [0.5, 0.6) is 0 Å². The van der Waals surface area contributed by atoms with Crippen molar-refractivity contribution in [3.05, 3.63) is 35.6 Å². The van der Waals surface area contributed by atoms with Gasteiger partial charge in [0, 0.05) is 13.7 Å². The number of methoxy groups -OCH3 is 1. The molecule has 17 heavy (non-hydrogen) atoms. The summed E-state index contributed by atoms with van der Waals surface area (Å²) in [6.07, 6.45) is 1.56. The van der Waals surface area contributed by atoms with Crippen molar-refractivity contribution in [3.8, 4) is 0 Å². The third kappa shape index (κ3) is 5.94. The SMILES string of the molecule is COCCNC(=S)NN=Cc1ccc(F)cc1. The first-order valence-corrected chi connectivity index (χ1v) is 5.44. The standard InChI is InChI=1S/C11H14FN3OS/c1-16-7-6-13-11(17)15-14-8-9-2-4-10(12)5-3-9/h2-5,8H,6-7H2,1H3,(H2,13,15,17). The molecule has 1 rings (SSSR count). The minimum absolute atomic E-state index is 0.271. The van der Waals surface area contributed by atoms with Gasteiger partial charge in [-0.2, -0.15) is 5.10 Å². The Balaban J connectivity index is 2.29. The Hall–Kier alpha value is -1.53. The van der Waals surface area contributed by atoms with Gasteiger partial charge >= 0.3 is 0 Å². The summed E-state index contributed by atoms with van der Waals surface area (Å²) in [5.41, 5.74) is 3.44. The average Bonchev–Trinajstić information content (AvgIpc) is 2.32. The molecule has 0 bridgehead atoms. The highest BCUT2D eigenvalue weighted by molar-refractivity contribution is 7.80. The van der Waals surface area contributed by atoms with Crippen molar-refractivity contribution in [2.75, 3.05) is 20.3 Å². The van der Waals surface area contributed by atoms with E-state index in [2.05, 4.69) is 15.8 Å². The molecule has 92 valence electrons. The molecule has 0 saturated carbocycles. The smallest absolute Gasteiger partial charge is 0.187 e. The van der Waals surface area contributed by atoms with Gasteiger partial charge in [0.1, 0.15) is 5.82 Å². The summed E-state index contributed by atoms with van der Waals surface area (Å²) in [6.45, 7) is 1.19. The maximum atomic E-state index is 12.6. The fourth-order valence-electron chi connectivity index (χ4n) is 1.02. The van der Waals surface area contributed by atoms with Gasteiger partial charge in [-0.15, -0.1) is 0 Å². The Morgan fingerprint density at radius 2 is 2.18 bits per heavy atom. The van der Waals surface area contributed by atoms with Crippen LogP contribution in [0.3, 0.4) is 0 Å². The fraction of sp³-hybridized carbons (Fsp3) is 0.273. The molecule has 0 aliphatic heterocycles. The molecule has 0 saturated heterocycles. The highest BCUT2D eigenvalue weighted by Crippen LogP contribution is 1.99. The van der Waals surface area contributed by atoms with Crippen LogP contribution in [0.1, 0.15) is 5.56 Å². The number of rotatable bonds is 5. The topological polar surface area (TPSA) is 45.6 Å². The summed E-state index contributed by atoms with van der Waals surface area (Å²) in [6, 6.07) is 6.00. The highest BCUT2D eigenvalue weighted by atomic mass is 32.1. The minimum atomic E-state index is -0.271. The molecule has 0 heterocycles. The van der Waals surface area contributed by atoms with Gasteiger partial charge in [0.25, 0.3) is 0 Å². The molecule has 0 unspecified atom stereocenters. The average molecular weight is 255 g/mol. The summed E-state index contributed by atoms with van der Waals surface area (Å²) in [4.78, 5) is 0. The predicted octanol–water partition coefficient (Wildman–Crippen LogP) is 1.27. The first-order chi connectivity index (χ1) is 8.22. The van der Waals surface area contributed by atoms with Crippen LogP contribution >= 0.6 is 12.2 Å². The van der Waals surface area contributed by atoms with Gasteiger partial charge < -0.3 is 10.1 Å². The van der Waals surface area contributed by atoms with E-state index >= 15 is 0 Å². The number of thiocarbonyl (C=S) groups is 1. The van der Waals surface area contributed by atoms with E-state index in [1.807, 2.05) is 0 Å². The van der Waals surface area contributed by atoms with Crippen molar-refractivity contribution in [1.29, 1.82) is 0 Å². The zero-order valence-electron chi connectivity index (χ0n) is 9.44. The summed E-state index contributed by atoms with van der Waals surface area (Å²) < 4.78 is 17.5. The molecule has 4 nitrogen and oxygen atoms in total. The van der Waals surface area contributed by atoms with Crippen LogP contribution in [0, 0.1) is 5.82 Å². The van der Waals surface area contributed by atoms with E-state index in [0.717, 1.165) is 5.56 Å². The molecule has 0 aliphatic carbocycles. The molecule has 0 amide bonds. The van der Waals surface area contributed by atoms with Gasteiger partial charge in [-0.3, -0.25) is 5.43 Å². The maximum Gasteiger partial charge on any atom is 0.187 e. The van der Waals surface area contributed by atoms with E-state index in [0.29, 0.717) is 18.3 Å². The molecule has 0 fully saturated rings. The fourth-order valence-corrected chi connectivity index (χ4v) is 1.18. The van der Waals surface area contributed by atoms with Gasteiger partial charge in [-0.1, -0.05) is 12.1 Å². The Morgan fingerprint density at radius 1 is 1.47 bits per heavy atom. The number of halogens is 1. The molecular weight excluding hydrogens is 241 g/mol. The van der Waals surface area contributed by atoms with E-state index in [1.165, 1.54) is 12.1 Å². The van der Waals surface area contributed by atoms with Gasteiger partial charge in [0.15, 0.2) is 5.11 Å². The van der Waals surface area contributed by atoms with Crippen LogP contribution in [-0.4, -0.2) is 31.6 Å². The highest BCUT2D eigenvalue weighted by Gasteiger charge is 1.92. The maximum absolute atomic E-state index is 12.6. The molecule has 2 N–H and O–H groups in total. The van der Waals surface area contributed by atoms with Gasteiger partial charge in [-0.05, 0) is 29.9 Å². The number of hydrogen-bond donors (Lipinski definition) is 2. The van der Waals surface area contributed by atoms with E-state index in [1.54, 1.807) is 25.5 Å². The largest absolute Gasteiger partial charge is 0.383 e. The normalized spacial score (nSPS) is 10.5. The molecule has 0 aliphatic rings. The van der Waals surface area contributed by atoms with Crippen LogP contribution in [0.15, 0.2) is 29.4 Å². The predicted molar refractivity (Wildman–Crippen MR) is 69.6 cm³/mol. The lowest BCUT2D eigenvalue weighted by Crippen LogP contribution is -2.34. The first kappa shape index (κ1) is 13.5. The van der Waals surface area contributed by atoms with E-state index in [-0.39, 0.29) is 5.82 Å². The van der Waals surface area contributed by atoms with E-state index in [4.69, 9.17) is 17.0 Å². The number of hydrogen-bond acceptors (Lipinski definition) is 3. The van der Waals surface area contributed by atoms with Crippen molar-refractivity contribution in [3.63, 3.8) is 0 Å². The van der Waals surface area contributed by atoms with Crippen molar-refractivity contribution >= 4 is 23.5 Å². The zero-order chi connectivity index (χ0) is 12.5. The van der Waals surface area contributed by atoms with Crippen LogP contribution in [0.2, 0.25) is 0 Å². The summed E-state index contributed by atoms with van der Waals surface area (Å²) in [7, 11) is 1.62.